The van der Waals surface area contributed by atoms with Crippen LogP contribution >= 0.6 is 0 Å². The summed E-state index contributed by atoms with van der Waals surface area (Å²) >= 11 is 0. The van der Waals surface area contributed by atoms with E-state index in [4.69, 9.17) is 0 Å². The molecule has 2 fully saturated rings. The third kappa shape index (κ3) is 3.59. The summed E-state index contributed by atoms with van der Waals surface area (Å²) in [6.45, 7) is 3.09. The molecule has 174 valence electrons. The molecule has 2 atom stereocenters. The molecule has 2 heterocycles. The second-order valence-corrected chi connectivity index (χ2v) is 12.8. The van der Waals surface area contributed by atoms with Crippen molar-refractivity contribution in [3.63, 3.8) is 0 Å². The van der Waals surface area contributed by atoms with Crippen LogP contribution in [0.2, 0.25) is 0 Å². The molecule has 1 saturated heterocycles. The Morgan fingerprint density at radius 2 is 1.52 bits per heavy atom. The van der Waals surface area contributed by atoms with E-state index in [0.29, 0.717) is 13.1 Å². The van der Waals surface area contributed by atoms with Crippen molar-refractivity contribution in [3.05, 3.63) is 75.9 Å². The number of hydrogen-bond donors (Lipinski definition) is 0. The van der Waals surface area contributed by atoms with Crippen LogP contribution in [0, 0.1) is 28.4 Å². The molecule has 2 aromatic rings. The number of hydrogen-bond acceptors (Lipinski definition) is 6. The van der Waals surface area contributed by atoms with Gasteiger partial charge in [0.1, 0.15) is 0 Å². The van der Waals surface area contributed by atoms with Gasteiger partial charge < -0.3 is 0 Å². The molecule has 5 rings (SSSR count). The zero-order chi connectivity index (χ0) is 23.6. The van der Waals surface area contributed by atoms with Gasteiger partial charge in [-0.15, -0.1) is 0 Å². The summed E-state index contributed by atoms with van der Waals surface area (Å²) in [6.07, 6.45) is 2.76. The minimum Gasteiger partial charge on any atom is -0.258 e. The zero-order valence-electron chi connectivity index (χ0n) is 17.9. The monoisotopic (exact) mass is 489 g/mol. The maximum absolute atomic E-state index is 13.1. The molecule has 3 aliphatic rings. The Labute approximate surface area is 192 Å². The largest absolute Gasteiger partial charge is 0.269 e. The van der Waals surface area contributed by atoms with Crippen molar-refractivity contribution in [1.82, 2.24) is 8.61 Å². The quantitative estimate of drug-likeness (QED) is 0.350. The molecule has 0 bridgehead atoms. The van der Waals surface area contributed by atoms with Gasteiger partial charge >= 0.3 is 0 Å². The summed E-state index contributed by atoms with van der Waals surface area (Å²) in [5.74, 6) is 0.151. The van der Waals surface area contributed by atoms with Gasteiger partial charge in [-0.1, -0.05) is 23.8 Å². The highest BCUT2D eigenvalue weighted by Crippen LogP contribution is 2.63. The van der Waals surface area contributed by atoms with E-state index in [1.807, 2.05) is 13.0 Å². The molecule has 0 aromatic heterocycles. The Morgan fingerprint density at radius 1 is 0.939 bits per heavy atom. The van der Waals surface area contributed by atoms with Crippen molar-refractivity contribution in [2.45, 2.75) is 23.1 Å². The van der Waals surface area contributed by atoms with Crippen LogP contribution in [-0.4, -0.2) is 56.5 Å². The van der Waals surface area contributed by atoms with Crippen LogP contribution in [-0.2, 0) is 20.0 Å². The number of aryl methyl sites for hydroxylation is 1. The fourth-order valence-electron chi connectivity index (χ4n) is 4.94. The van der Waals surface area contributed by atoms with Crippen LogP contribution in [0.5, 0.6) is 0 Å². The standard InChI is InChI=1S/C22H23N3O6S2/c1-16-2-6-20(7-3-16)32(28,29)23-11-10-17(13-23)22-12-18(22)14-24(15-22)33(30,31)21-8-4-19(5-9-21)25(26)27/h2-10,18H,11-15H2,1H3/t18-,22+/m1/s1. The molecular weight excluding hydrogens is 466 g/mol. The summed E-state index contributed by atoms with van der Waals surface area (Å²) in [7, 11) is -7.42. The summed E-state index contributed by atoms with van der Waals surface area (Å²) in [5.41, 5.74) is 1.46. The summed E-state index contributed by atoms with van der Waals surface area (Å²) < 4.78 is 55.2. The van der Waals surface area contributed by atoms with Gasteiger partial charge in [-0.25, -0.2) is 16.8 Å². The van der Waals surface area contributed by atoms with Gasteiger partial charge in [0, 0.05) is 43.7 Å². The predicted octanol–water partition coefficient (Wildman–Crippen LogP) is 2.54. The fraction of sp³-hybridized carbons (Fsp3) is 0.364. The highest BCUT2D eigenvalue weighted by molar-refractivity contribution is 7.89. The number of nitro benzene ring substituents is 1. The Hall–Kier alpha value is -2.60. The maximum atomic E-state index is 13.1. The number of non-ortho nitro benzene ring substituents is 1. The second-order valence-electron chi connectivity index (χ2n) is 8.95. The van der Waals surface area contributed by atoms with Crippen LogP contribution in [0.1, 0.15) is 12.0 Å². The first-order chi connectivity index (χ1) is 15.5. The van der Waals surface area contributed by atoms with Gasteiger partial charge in [0.05, 0.1) is 14.7 Å². The van der Waals surface area contributed by atoms with Crippen molar-refractivity contribution >= 4 is 25.7 Å². The van der Waals surface area contributed by atoms with Crippen molar-refractivity contribution in [2.75, 3.05) is 26.2 Å². The Bertz CT molecular complexity index is 1370. The van der Waals surface area contributed by atoms with E-state index in [2.05, 4.69) is 0 Å². The Morgan fingerprint density at radius 3 is 2.12 bits per heavy atom. The van der Waals surface area contributed by atoms with Crippen LogP contribution in [0.15, 0.2) is 70.0 Å². The predicted molar refractivity (Wildman–Crippen MR) is 120 cm³/mol. The Kier molecular flexibility index (Phi) is 5.02. The van der Waals surface area contributed by atoms with Gasteiger partial charge in [0.15, 0.2) is 0 Å². The average Bonchev–Trinajstić information content (AvgIpc) is 3.14. The van der Waals surface area contributed by atoms with E-state index in [0.717, 1.165) is 17.6 Å². The minimum absolute atomic E-state index is 0.0218. The lowest BCUT2D eigenvalue weighted by Crippen LogP contribution is -2.33. The van der Waals surface area contributed by atoms with Crippen molar-refractivity contribution in [3.8, 4) is 0 Å². The Balaban J connectivity index is 1.31. The maximum Gasteiger partial charge on any atom is 0.269 e. The van der Waals surface area contributed by atoms with Gasteiger partial charge in [-0.2, -0.15) is 8.61 Å². The molecule has 9 nitrogen and oxygen atoms in total. The van der Waals surface area contributed by atoms with Gasteiger partial charge in [-0.3, -0.25) is 10.1 Å². The minimum atomic E-state index is -3.79. The van der Waals surface area contributed by atoms with E-state index in [1.54, 1.807) is 24.3 Å². The highest BCUT2D eigenvalue weighted by atomic mass is 32.2. The lowest BCUT2D eigenvalue weighted by atomic mass is 9.96. The van der Waals surface area contributed by atoms with Gasteiger partial charge in [0.2, 0.25) is 20.0 Å². The SMILES string of the molecule is Cc1ccc(S(=O)(=O)N2CC=C([C@@]34C[C@@H]3CN(S(=O)(=O)c3ccc([N+](=O)[O-])cc3)C4)C2)cc1. The number of benzene rings is 2. The van der Waals surface area contributed by atoms with Gasteiger partial charge in [-0.05, 0) is 49.1 Å². The first-order valence-corrected chi connectivity index (χ1v) is 13.4. The number of nitrogens with zero attached hydrogens (tertiary/aromatic N) is 3. The van der Waals surface area contributed by atoms with E-state index < -0.39 is 25.0 Å². The number of rotatable bonds is 6. The molecule has 0 unspecified atom stereocenters. The molecule has 11 heteroatoms. The smallest absolute Gasteiger partial charge is 0.258 e. The average molecular weight is 490 g/mol. The topological polar surface area (TPSA) is 118 Å². The number of fused-ring (bicyclic) bond motifs is 1. The summed E-state index contributed by atoms with van der Waals surface area (Å²) in [4.78, 5) is 10.6. The molecule has 2 aliphatic heterocycles. The third-order valence-electron chi connectivity index (χ3n) is 6.99. The first kappa shape index (κ1) is 22.2. The second kappa shape index (κ2) is 7.45. The molecule has 33 heavy (non-hydrogen) atoms. The first-order valence-electron chi connectivity index (χ1n) is 10.5. The zero-order valence-corrected chi connectivity index (χ0v) is 19.5. The van der Waals surface area contributed by atoms with Crippen molar-refractivity contribution < 1.29 is 21.8 Å². The number of piperidine rings is 1. The number of nitro groups is 1. The lowest BCUT2D eigenvalue weighted by molar-refractivity contribution is -0.384. The molecular formula is C22H23N3O6S2. The molecule has 1 saturated carbocycles. The highest BCUT2D eigenvalue weighted by Gasteiger charge is 2.64. The fourth-order valence-corrected chi connectivity index (χ4v) is 7.85. The summed E-state index contributed by atoms with van der Waals surface area (Å²) in [5, 5.41) is 10.9. The van der Waals surface area contributed by atoms with Crippen molar-refractivity contribution in [2.24, 2.45) is 11.3 Å². The molecule has 0 amide bonds. The van der Waals surface area contributed by atoms with E-state index in [-0.39, 0.29) is 39.9 Å². The molecule has 0 spiro atoms. The van der Waals surface area contributed by atoms with Crippen LogP contribution in [0.4, 0.5) is 5.69 Å². The van der Waals surface area contributed by atoms with Crippen LogP contribution < -0.4 is 0 Å². The van der Waals surface area contributed by atoms with Crippen LogP contribution in [0.3, 0.4) is 0 Å². The van der Waals surface area contributed by atoms with Crippen molar-refractivity contribution in [1.29, 1.82) is 0 Å². The summed E-state index contributed by atoms with van der Waals surface area (Å²) in [6, 6.07) is 11.6. The normalized spacial score (nSPS) is 25.6. The number of sulfonamides is 2. The van der Waals surface area contributed by atoms with Crippen LogP contribution in [0.25, 0.3) is 0 Å². The molecule has 2 aromatic carbocycles. The molecule has 0 radical (unpaired) electrons. The molecule has 0 N–H and O–H groups in total. The molecule has 1 aliphatic carbocycles. The van der Waals surface area contributed by atoms with E-state index in [1.165, 1.54) is 32.9 Å². The lowest BCUT2D eigenvalue weighted by Gasteiger charge is -2.23. The van der Waals surface area contributed by atoms with Gasteiger partial charge in [0.25, 0.3) is 5.69 Å². The van der Waals surface area contributed by atoms with E-state index in [9.17, 15) is 26.9 Å². The third-order valence-corrected chi connectivity index (χ3v) is 10.6. The van der Waals surface area contributed by atoms with E-state index >= 15 is 0 Å².